The molecule has 2 aromatic heterocycles. The zero-order valence-corrected chi connectivity index (χ0v) is 13.8. The number of thiophene rings is 1. The SMILES string of the molecule is CC(Cl)c1nc2cc(F)ccc2n1Cc1cc(Br)cs1. The molecule has 0 amide bonds. The van der Waals surface area contributed by atoms with Crippen LogP contribution in [0.2, 0.25) is 0 Å². The van der Waals surface area contributed by atoms with Crippen molar-refractivity contribution >= 4 is 49.9 Å². The maximum absolute atomic E-state index is 13.3. The molecule has 2 nitrogen and oxygen atoms in total. The molecule has 0 radical (unpaired) electrons. The highest BCUT2D eigenvalue weighted by Crippen LogP contribution is 2.28. The second-order valence-electron chi connectivity index (χ2n) is 4.54. The second kappa shape index (κ2) is 5.47. The van der Waals surface area contributed by atoms with Gasteiger partial charge in [0.15, 0.2) is 0 Å². The third kappa shape index (κ3) is 2.62. The number of rotatable bonds is 3. The first kappa shape index (κ1) is 14.0. The van der Waals surface area contributed by atoms with Gasteiger partial charge in [0, 0.05) is 20.8 Å². The lowest BCUT2D eigenvalue weighted by atomic mass is 10.3. The van der Waals surface area contributed by atoms with E-state index in [9.17, 15) is 4.39 Å². The third-order valence-electron chi connectivity index (χ3n) is 3.03. The van der Waals surface area contributed by atoms with Crippen LogP contribution < -0.4 is 0 Å². The summed E-state index contributed by atoms with van der Waals surface area (Å²) in [6.07, 6.45) is 0. The molecule has 3 aromatic rings. The zero-order valence-electron chi connectivity index (χ0n) is 10.6. The first-order valence-corrected chi connectivity index (χ1v) is 8.18. The largest absolute Gasteiger partial charge is 0.321 e. The van der Waals surface area contributed by atoms with Gasteiger partial charge in [-0.2, -0.15) is 0 Å². The Labute approximate surface area is 133 Å². The Bertz CT molecular complexity index is 766. The number of hydrogen-bond acceptors (Lipinski definition) is 2. The summed E-state index contributed by atoms with van der Waals surface area (Å²) in [6, 6.07) is 6.72. The molecule has 2 heterocycles. The van der Waals surface area contributed by atoms with E-state index in [-0.39, 0.29) is 11.2 Å². The van der Waals surface area contributed by atoms with Gasteiger partial charge in [-0.25, -0.2) is 9.37 Å². The molecule has 0 bridgehead atoms. The van der Waals surface area contributed by atoms with Crippen LogP contribution in [0.1, 0.15) is 23.0 Å². The van der Waals surface area contributed by atoms with E-state index in [1.165, 1.54) is 17.0 Å². The average molecular weight is 374 g/mol. The van der Waals surface area contributed by atoms with E-state index in [1.807, 2.05) is 16.9 Å². The third-order valence-corrected chi connectivity index (χ3v) is 4.91. The molecule has 104 valence electrons. The molecule has 0 fully saturated rings. The molecule has 6 heteroatoms. The Morgan fingerprint density at radius 1 is 1.45 bits per heavy atom. The summed E-state index contributed by atoms with van der Waals surface area (Å²) in [5, 5.41) is 1.81. The van der Waals surface area contributed by atoms with Gasteiger partial charge in [-0.1, -0.05) is 0 Å². The van der Waals surface area contributed by atoms with Gasteiger partial charge in [-0.3, -0.25) is 0 Å². The fourth-order valence-corrected chi connectivity index (χ4v) is 3.79. The first-order valence-electron chi connectivity index (χ1n) is 6.07. The Kier molecular flexibility index (Phi) is 3.84. The molecule has 0 spiro atoms. The van der Waals surface area contributed by atoms with Crippen LogP contribution in [0, 0.1) is 5.82 Å². The molecule has 20 heavy (non-hydrogen) atoms. The van der Waals surface area contributed by atoms with Gasteiger partial charge in [-0.05, 0) is 41.1 Å². The summed E-state index contributed by atoms with van der Waals surface area (Å²) in [5.74, 6) is 0.478. The van der Waals surface area contributed by atoms with Gasteiger partial charge in [0.05, 0.1) is 23.0 Å². The van der Waals surface area contributed by atoms with Gasteiger partial charge in [0.1, 0.15) is 11.6 Å². The van der Waals surface area contributed by atoms with E-state index in [0.717, 1.165) is 15.8 Å². The molecule has 3 rings (SSSR count). The quantitative estimate of drug-likeness (QED) is 0.566. The molecule has 1 aromatic carbocycles. The van der Waals surface area contributed by atoms with Gasteiger partial charge in [0.2, 0.25) is 0 Å². The molecule has 0 aliphatic carbocycles. The second-order valence-corrected chi connectivity index (χ2v) is 7.10. The summed E-state index contributed by atoms with van der Waals surface area (Å²) in [7, 11) is 0. The highest BCUT2D eigenvalue weighted by molar-refractivity contribution is 9.10. The van der Waals surface area contributed by atoms with Crippen molar-refractivity contribution in [3.05, 3.63) is 50.6 Å². The van der Waals surface area contributed by atoms with Crippen LogP contribution in [0.5, 0.6) is 0 Å². The van der Waals surface area contributed by atoms with Gasteiger partial charge < -0.3 is 4.57 Å². The first-order chi connectivity index (χ1) is 9.54. The summed E-state index contributed by atoms with van der Waals surface area (Å²) in [5.41, 5.74) is 1.54. The minimum Gasteiger partial charge on any atom is -0.321 e. The number of nitrogens with zero attached hydrogens (tertiary/aromatic N) is 2. The molecule has 0 N–H and O–H groups in total. The highest BCUT2D eigenvalue weighted by atomic mass is 79.9. The topological polar surface area (TPSA) is 17.8 Å². The van der Waals surface area contributed by atoms with Crippen LogP contribution in [0.4, 0.5) is 4.39 Å². The monoisotopic (exact) mass is 372 g/mol. The van der Waals surface area contributed by atoms with Crippen LogP contribution in [0.15, 0.2) is 34.1 Å². The summed E-state index contributed by atoms with van der Waals surface area (Å²) >= 11 is 11.3. The number of fused-ring (bicyclic) bond motifs is 1. The van der Waals surface area contributed by atoms with Crippen LogP contribution in [0.25, 0.3) is 11.0 Å². The molecular formula is C14H11BrClFN2S. The van der Waals surface area contributed by atoms with E-state index in [2.05, 4.69) is 27.0 Å². The lowest BCUT2D eigenvalue weighted by molar-refractivity contribution is 0.629. The Morgan fingerprint density at radius 2 is 2.25 bits per heavy atom. The molecule has 0 aliphatic heterocycles. The molecular weight excluding hydrogens is 363 g/mol. The number of hydrogen-bond donors (Lipinski definition) is 0. The fourth-order valence-electron chi connectivity index (χ4n) is 2.18. The van der Waals surface area contributed by atoms with Crippen LogP contribution in [-0.2, 0) is 6.54 Å². The van der Waals surface area contributed by atoms with Crippen molar-refractivity contribution in [1.29, 1.82) is 0 Å². The molecule has 0 saturated carbocycles. The lowest BCUT2D eigenvalue weighted by Gasteiger charge is -2.09. The molecule has 1 atom stereocenters. The van der Waals surface area contributed by atoms with Crippen molar-refractivity contribution in [2.24, 2.45) is 0 Å². The van der Waals surface area contributed by atoms with E-state index in [1.54, 1.807) is 17.4 Å². The summed E-state index contributed by atoms with van der Waals surface area (Å²) in [6.45, 7) is 2.56. The minimum absolute atomic E-state index is 0.228. The van der Waals surface area contributed by atoms with Crippen molar-refractivity contribution in [2.75, 3.05) is 0 Å². The fraction of sp³-hybridized carbons (Fsp3) is 0.214. The summed E-state index contributed by atoms with van der Waals surface area (Å²) in [4.78, 5) is 5.65. The number of benzene rings is 1. The predicted octanol–water partition coefficient (Wildman–Crippen LogP) is 5.35. The van der Waals surface area contributed by atoms with Crippen LogP contribution >= 0.6 is 38.9 Å². The average Bonchev–Trinajstić information content (AvgIpc) is 2.94. The Balaban J connectivity index is 2.13. The molecule has 0 aliphatic rings. The van der Waals surface area contributed by atoms with Crippen LogP contribution in [0.3, 0.4) is 0 Å². The minimum atomic E-state index is -0.283. The van der Waals surface area contributed by atoms with Crippen molar-refractivity contribution in [3.63, 3.8) is 0 Å². The maximum atomic E-state index is 13.3. The van der Waals surface area contributed by atoms with E-state index >= 15 is 0 Å². The molecule has 1 unspecified atom stereocenters. The van der Waals surface area contributed by atoms with Crippen LogP contribution in [-0.4, -0.2) is 9.55 Å². The van der Waals surface area contributed by atoms with Gasteiger partial charge in [0.25, 0.3) is 0 Å². The van der Waals surface area contributed by atoms with E-state index in [4.69, 9.17) is 11.6 Å². The van der Waals surface area contributed by atoms with Gasteiger partial charge >= 0.3 is 0 Å². The normalized spacial score (nSPS) is 13.0. The maximum Gasteiger partial charge on any atom is 0.128 e. The van der Waals surface area contributed by atoms with Crippen molar-refractivity contribution in [2.45, 2.75) is 18.8 Å². The van der Waals surface area contributed by atoms with Gasteiger partial charge in [-0.15, -0.1) is 22.9 Å². The van der Waals surface area contributed by atoms with Crippen molar-refractivity contribution < 1.29 is 4.39 Å². The smallest absolute Gasteiger partial charge is 0.128 e. The number of aromatic nitrogens is 2. The van der Waals surface area contributed by atoms with E-state index in [0.29, 0.717) is 12.1 Å². The number of halogens is 3. The Hall–Kier alpha value is -0.910. The Morgan fingerprint density at radius 3 is 2.90 bits per heavy atom. The summed E-state index contributed by atoms with van der Waals surface area (Å²) < 4.78 is 16.4. The lowest BCUT2D eigenvalue weighted by Crippen LogP contribution is -2.04. The standard InChI is InChI=1S/C14H11BrClFN2S/c1-8(16)14-18-12-5-10(17)2-3-13(12)19(14)6-11-4-9(15)7-20-11/h2-5,7-8H,6H2,1H3. The van der Waals surface area contributed by atoms with Crippen molar-refractivity contribution in [1.82, 2.24) is 9.55 Å². The predicted molar refractivity (Wildman–Crippen MR) is 85.1 cm³/mol. The molecule has 0 saturated heterocycles. The highest BCUT2D eigenvalue weighted by Gasteiger charge is 2.16. The number of imidazole rings is 1. The zero-order chi connectivity index (χ0) is 14.3. The number of alkyl halides is 1. The van der Waals surface area contributed by atoms with E-state index < -0.39 is 0 Å². The van der Waals surface area contributed by atoms with Crippen molar-refractivity contribution in [3.8, 4) is 0 Å².